The number of benzene rings is 2. The van der Waals surface area contributed by atoms with E-state index in [2.05, 4.69) is 65.4 Å². The van der Waals surface area contributed by atoms with E-state index < -0.39 is 6.04 Å². The number of ketones is 1. The third-order valence-corrected chi connectivity index (χ3v) is 11.7. The number of imidazole rings is 1. The van der Waals surface area contributed by atoms with E-state index in [-0.39, 0.29) is 29.8 Å². The molecule has 57 heavy (non-hydrogen) atoms. The van der Waals surface area contributed by atoms with Gasteiger partial charge in [0.1, 0.15) is 11.6 Å². The van der Waals surface area contributed by atoms with Gasteiger partial charge >= 0.3 is 0 Å². The first-order valence-corrected chi connectivity index (χ1v) is 21.1. The van der Waals surface area contributed by atoms with Crippen LogP contribution in [0.15, 0.2) is 57.7 Å². The summed E-state index contributed by atoms with van der Waals surface area (Å²) >= 11 is 1.73. The molecule has 2 atom stereocenters. The molecule has 2 amide bonds. The molecule has 0 aliphatic rings. The standard InChI is InChI=1S/C45H61N7O4S/c1-9-28(2)30(4)51-52-31(5)39(49-44(35-19-21-36(54)22-20-35)43-29(3)33(7)57-34(43)8)27-42(56)47-26-15-13-11-10-12-14-25-46-41(55)24-23-40-48-38-18-16-17-37(32(6)53)45(38)50-40/h16-22,28,39,54H,9-15,23-27H2,1-8H3,(H,46,55)(H,47,56)(H,48,50)/b49-44-,51-30-,52-31+/t28?,39-/m0/s1. The highest BCUT2D eigenvalue weighted by Crippen LogP contribution is 2.30. The van der Waals surface area contributed by atoms with Crippen LogP contribution in [0.25, 0.3) is 11.0 Å². The van der Waals surface area contributed by atoms with Crippen LogP contribution >= 0.6 is 11.3 Å². The van der Waals surface area contributed by atoms with Gasteiger partial charge in [0.25, 0.3) is 0 Å². The summed E-state index contributed by atoms with van der Waals surface area (Å²) < 4.78 is 0. The van der Waals surface area contributed by atoms with Gasteiger partial charge in [-0.05, 0) is 109 Å². The molecule has 4 N–H and O–H groups in total. The molecular weight excluding hydrogens is 735 g/mol. The molecule has 2 aromatic heterocycles. The van der Waals surface area contributed by atoms with Gasteiger partial charge in [-0.25, -0.2) is 4.98 Å². The van der Waals surface area contributed by atoms with Crippen LogP contribution < -0.4 is 10.6 Å². The van der Waals surface area contributed by atoms with Crippen molar-refractivity contribution in [3.63, 3.8) is 0 Å². The number of aromatic amines is 1. The number of aromatic nitrogens is 2. The number of amides is 2. The lowest BCUT2D eigenvalue weighted by atomic mass is 9.97. The number of rotatable bonds is 22. The van der Waals surface area contributed by atoms with Gasteiger partial charge in [0.05, 0.1) is 34.9 Å². The Labute approximate surface area is 342 Å². The summed E-state index contributed by atoms with van der Waals surface area (Å²) in [6, 6.07) is 12.0. The first-order valence-electron chi connectivity index (χ1n) is 20.3. The van der Waals surface area contributed by atoms with Gasteiger partial charge in [-0.2, -0.15) is 10.2 Å². The normalized spacial score (nSPS) is 13.5. The molecule has 0 saturated carbocycles. The van der Waals surface area contributed by atoms with Crippen molar-refractivity contribution in [2.75, 3.05) is 13.1 Å². The van der Waals surface area contributed by atoms with E-state index in [4.69, 9.17) is 4.99 Å². The zero-order chi connectivity index (χ0) is 41.5. The molecule has 12 heteroatoms. The minimum atomic E-state index is -0.534. The number of phenolic OH excluding ortho intramolecular Hbond substituents is 1. The van der Waals surface area contributed by atoms with Crippen LogP contribution in [0.2, 0.25) is 0 Å². The van der Waals surface area contributed by atoms with Crippen molar-refractivity contribution in [1.82, 2.24) is 20.6 Å². The number of aryl methyl sites for hydroxylation is 3. The van der Waals surface area contributed by atoms with E-state index in [9.17, 15) is 19.5 Å². The molecule has 0 bridgehead atoms. The van der Waals surface area contributed by atoms with Crippen LogP contribution in [0.4, 0.5) is 0 Å². The average molecular weight is 796 g/mol. The number of fused-ring (bicyclic) bond motifs is 1. The fourth-order valence-electron chi connectivity index (χ4n) is 6.57. The summed E-state index contributed by atoms with van der Waals surface area (Å²) in [5.74, 6) is 1.06. The van der Waals surface area contributed by atoms with Crippen LogP contribution in [-0.4, -0.2) is 68.9 Å². The molecule has 2 heterocycles. The number of carbonyl (C=O) groups is 3. The molecule has 11 nitrogen and oxygen atoms in total. The topological polar surface area (TPSA) is 161 Å². The first kappa shape index (κ1) is 44.7. The quantitative estimate of drug-likeness (QED) is 0.0270. The van der Waals surface area contributed by atoms with Crippen LogP contribution in [0, 0.1) is 26.7 Å². The number of para-hydroxylation sites is 1. The Morgan fingerprint density at radius 1 is 0.842 bits per heavy atom. The predicted molar refractivity (Wildman–Crippen MR) is 234 cm³/mol. The molecule has 4 aromatic rings. The van der Waals surface area contributed by atoms with Crippen molar-refractivity contribution in [2.45, 2.75) is 126 Å². The number of hydrogen-bond donors (Lipinski definition) is 4. The maximum atomic E-state index is 13.4. The zero-order valence-electron chi connectivity index (χ0n) is 35.1. The number of nitrogens with one attached hydrogen (secondary N) is 3. The van der Waals surface area contributed by atoms with E-state index in [1.165, 1.54) is 11.8 Å². The van der Waals surface area contributed by atoms with Crippen LogP contribution in [0.5, 0.6) is 5.75 Å². The highest BCUT2D eigenvalue weighted by atomic mass is 32.1. The van der Waals surface area contributed by atoms with Gasteiger partial charge in [-0.3, -0.25) is 19.4 Å². The van der Waals surface area contributed by atoms with Gasteiger partial charge in [0.2, 0.25) is 11.8 Å². The molecule has 4 rings (SSSR count). The summed E-state index contributed by atoms with van der Waals surface area (Å²) in [5, 5.41) is 25.3. The predicted octanol–water partition coefficient (Wildman–Crippen LogP) is 9.14. The van der Waals surface area contributed by atoms with Crippen LogP contribution in [0.3, 0.4) is 0 Å². The van der Waals surface area contributed by atoms with E-state index >= 15 is 0 Å². The van der Waals surface area contributed by atoms with Crippen molar-refractivity contribution >= 4 is 57.1 Å². The van der Waals surface area contributed by atoms with Gasteiger partial charge in [-0.15, -0.1) is 11.3 Å². The summed E-state index contributed by atoms with van der Waals surface area (Å²) in [6.07, 6.45) is 7.85. The van der Waals surface area contributed by atoms with Gasteiger partial charge < -0.3 is 20.7 Å². The van der Waals surface area contributed by atoms with Crippen molar-refractivity contribution < 1.29 is 19.5 Å². The minimum absolute atomic E-state index is 0.00955. The van der Waals surface area contributed by atoms with E-state index in [0.717, 1.165) is 83.5 Å². The van der Waals surface area contributed by atoms with Gasteiger partial charge in [-0.1, -0.05) is 45.6 Å². The summed E-state index contributed by atoms with van der Waals surface area (Å²) in [7, 11) is 0. The second-order valence-corrected chi connectivity index (χ2v) is 16.4. The lowest BCUT2D eigenvalue weighted by Gasteiger charge is -2.17. The van der Waals surface area contributed by atoms with Crippen molar-refractivity contribution in [1.29, 1.82) is 0 Å². The summed E-state index contributed by atoms with van der Waals surface area (Å²) in [5.41, 5.74) is 7.49. The molecular formula is C45H61N7O4S. The van der Waals surface area contributed by atoms with Crippen molar-refractivity contribution in [2.24, 2.45) is 21.1 Å². The Morgan fingerprint density at radius 2 is 1.47 bits per heavy atom. The first-order chi connectivity index (χ1) is 27.3. The fourth-order valence-corrected chi connectivity index (χ4v) is 7.64. The second kappa shape index (κ2) is 22.1. The molecule has 1 unspecified atom stereocenters. The highest BCUT2D eigenvalue weighted by Gasteiger charge is 2.23. The third kappa shape index (κ3) is 13.3. The molecule has 0 spiro atoms. The number of carbonyl (C=O) groups excluding carboxylic acids is 3. The Balaban J connectivity index is 1.24. The number of aromatic hydroxyl groups is 1. The second-order valence-electron chi connectivity index (χ2n) is 15.0. The number of nitrogens with zero attached hydrogens (tertiary/aromatic N) is 4. The van der Waals surface area contributed by atoms with Crippen LogP contribution in [-0.2, 0) is 16.0 Å². The molecule has 0 radical (unpaired) electrons. The molecule has 306 valence electrons. The highest BCUT2D eigenvalue weighted by molar-refractivity contribution is 7.12. The van der Waals surface area contributed by atoms with Crippen LogP contribution in [0.1, 0.15) is 135 Å². The number of aliphatic imine (C=N–C) groups is 1. The number of unbranched alkanes of at least 4 members (excludes halogenated alkanes) is 5. The lowest BCUT2D eigenvalue weighted by Crippen LogP contribution is -2.31. The zero-order valence-corrected chi connectivity index (χ0v) is 35.9. The monoisotopic (exact) mass is 795 g/mol. The Bertz CT molecular complexity index is 2080. The van der Waals surface area contributed by atoms with E-state index in [0.29, 0.717) is 54.5 Å². The number of Topliss-reactive ketones (excluding diaryl/α,β-unsaturated/α-hetero) is 1. The maximum Gasteiger partial charge on any atom is 0.222 e. The van der Waals surface area contributed by atoms with E-state index in [1.54, 1.807) is 29.5 Å². The third-order valence-electron chi connectivity index (χ3n) is 10.6. The SMILES string of the molecule is CCC(C)/C(C)=N\N=C(/C)[C@H](CC(=O)NCCCCCCCCNC(=O)CCc1nc2c(C(C)=O)cccc2[nH]1)/N=C(/c1ccc(O)cc1)c1c(C)sc(C)c1C. The summed E-state index contributed by atoms with van der Waals surface area (Å²) in [4.78, 5) is 53.1. The van der Waals surface area contributed by atoms with Gasteiger partial charge in [0.15, 0.2) is 5.78 Å². The Morgan fingerprint density at radius 3 is 2.09 bits per heavy atom. The Hall–Kier alpha value is -4.97. The fraction of sp³-hybridized carbons (Fsp3) is 0.489. The van der Waals surface area contributed by atoms with Crippen molar-refractivity contribution in [3.8, 4) is 5.75 Å². The molecule has 0 aliphatic carbocycles. The average Bonchev–Trinajstić information content (AvgIpc) is 3.73. The number of hydrogen-bond acceptors (Lipinski definition) is 9. The number of phenols is 1. The molecule has 0 fully saturated rings. The number of H-pyrrole nitrogens is 1. The number of thiophene rings is 1. The molecule has 0 saturated heterocycles. The summed E-state index contributed by atoms with van der Waals surface area (Å²) in [6.45, 7) is 17.2. The smallest absolute Gasteiger partial charge is 0.222 e. The lowest BCUT2D eigenvalue weighted by molar-refractivity contribution is -0.121. The van der Waals surface area contributed by atoms with Gasteiger partial charge in [0, 0.05) is 58.1 Å². The molecule has 2 aromatic carbocycles. The molecule has 0 aliphatic heterocycles. The maximum absolute atomic E-state index is 13.4. The largest absolute Gasteiger partial charge is 0.508 e. The minimum Gasteiger partial charge on any atom is -0.508 e. The Kier molecular flexibility index (Phi) is 17.3. The van der Waals surface area contributed by atoms with Crippen molar-refractivity contribution in [3.05, 3.63) is 80.3 Å². The van der Waals surface area contributed by atoms with E-state index in [1.807, 2.05) is 38.1 Å².